The Labute approximate surface area is 223 Å². The van der Waals surface area contributed by atoms with Crippen LogP contribution in [0.25, 0.3) is 0 Å². The summed E-state index contributed by atoms with van der Waals surface area (Å²) in [5.74, 6) is 0.287. The molecule has 3 rings (SSSR count). The van der Waals surface area contributed by atoms with E-state index in [-0.39, 0.29) is 41.3 Å². The lowest BCUT2D eigenvalue weighted by atomic mass is 9.80. The largest absolute Gasteiger partial charge is 0.493 e. The molecular formula is C29H35ClN2O5. The quantitative estimate of drug-likeness (QED) is 0.162. The molecule has 0 amide bonds. The number of allylic oxidation sites excluding steroid dienone is 2. The molecule has 3 unspecified atom stereocenters. The van der Waals surface area contributed by atoms with Gasteiger partial charge in [0.1, 0.15) is 17.6 Å². The highest BCUT2D eigenvalue weighted by molar-refractivity contribution is 6.31. The Morgan fingerprint density at radius 2 is 1.81 bits per heavy atom. The van der Waals surface area contributed by atoms with Crippen molar-refractivity contribution in [2.24, 2.45) is 17.6 Å². The van der Waals surface area contributed by atoms with E-state index in [4.69, 9.17) is 31.5 Å². The van der Waals surface area contributed by atoms with Crippen molar-refractivity contribution in [1.29, 1.82) is 0 Å². The lowest BCUT2D eigenvalue weighted by molar-refractivity contribution is -0.149. The average Bonchev–Trinajstić information content (AvgIpc) is 2.90. The van der Waals surface area contributed by atoms with Gasteiger partial charge < -0.3 is 25.3 Å². The van der Waals surface area contributed by atoms with Crippen molar-refractivity contribution in [1.82, 2.24) is 5.32 Å². The molecule has 2 aromatic carbocycles. The Balaban J connectivity index is 1.60. The normalized spacial score (nSPS) is 18.7. The van der Waals surface area contributed by atoms with Gasteiger partial charge in [-0.25, -0.2) is 0 Å². The first-order valence-corrected chi connectivity index (χ1v) is 12.8. The van der Waals surface area contributed by atoms with Crippen LogP contribution in [0.5, 0.6) is 5.75 Å². The van der Waals surface area contributed by atoms with Crippen LogP contribution in [0.4, 0.5) is 0 Å². The molecule has 1 aliphatic rings. The van der Waals surface area contributed by atoms with Crippen LogP contribution >= 0.6 is 11.6 Å². The number of rotatable bonds is 11. The second-order valence-electron chi connectivity index (χ2n) is 9.23. The third kappa shape index (κ3) is 7.52. The Kier molecular flexibility index (Phi) is 10.0. The van der Waals surface area contributed by atoms with Crippen molar-refractivity contribution >= 4 is 23.4 Å². The fourth-order valence-electron chi connectivity index (χ4n) is 4.50. The molecule has 2 aromatic rings. The summed E-state index contributed by atoms with van der Waals surface area (Å²) < 4.78 is 16.8. The first-order valence-electron chi connectivity index (χ1n) is 12.4. The first-order chi connectivity index (χ1) is 17.7. The van der Waals surface area contributed by atoms with Crippen molar-refractivity contribution in [3.63, 3.8) is 0 Å². The van der Waals surface area contributed by atoms with E-state index in [1.165, 1.54) is 7.11 Å². The minimum atomic E-state index is -0.387. The molecule has 198 valence electrons. The van der Waals surface area contributed by atoms with E-state index in [1.807, 2.05) is 25.1 Å². The third-order valence-electron chi connectivity index (χ3n) is 6.54. The van der Waals surface area contributed by atoms with Crippen LogP contribution in [0.3, 0.4) is 0 Å². The molecule has 1 fully saturated rings. The zero-order valence-corrected chi connectivity index (χ0v) is 22.3. The first kappa shape index (κ1) is 28.1. The monoisotopic (exact) mass is 526 g/mol. The highest BCUT2D eigenvalue weighted by Gasteiger charge is 2.32. The smallest absolute Gasteiger partial charge is 0.309 e. The molecule has 3 N–H and O–H groups in total. The van der Waals surface area contributed by atoms with E-state index in [1.54, 1.807) is 37.3 Å². The van der Waals surface area contributed by atoms with Crippen molar-refractivity contribution in [3.05, 3.63) is 88.5 Å². The minimum absolute atomic E-state index is 0.111. The number of esters is 1. The SMILES string of the molecule is C=C(NC(C(=O)c1ccc(OCC2CCCCC2C(=O)OC)cc1)=C(C)N)OC(C)c1ccccc1Cl. The fourth-order valence-corrected chi connectivity index (χ4v) is 4.79. The lowest BCUT2D eigenvalue weighted by Gasteiger charge is -2.29. The highest BCUT2D eigenvalue weighted by atomic mass is 35.5. The van der Waals surface area contributed by atoms with Gasteiger partial charge in [0.25, 0.3) is 0 Å². The molecule has 0 heterocycles. The van der Waals surface area contributed by atoms with Gasteiger partial charge in [-0.1, -0.05) is 42.6 Å². The summed E-state index contributed by atoms with van der Waals surface area (Å²) in [6.07, 6.45) is 3.45. The molecule has 0 aromatic heterocycles. The molecule has 0 spiro atoms. The number of carbonyl (C=O) groups is 2. The van der Waals surface area contributed by atoms with Crippen LogP contribution in [0, 0.1) is 11.8 Å². The van der Waals surface area contributed by atoms with E-state index >= 15 is 0 Å². The minimum Gasteiger partial charge on any atom is -0.493 e. The van der Waals surface area contributed by atoms with Gasteiger partial charge in [-0.15, -0.1) is 0 Å². The summed E-state index contributed by atoms with van der Waals surface area (Å²) in [6, 6.07) is 14.2. The van der Waals surface area contributed by atoms with Gasteiger partial charge in [0.05, 0.1) is 19.6 Å². The van der Waals surface area contributed by atoms with Crippen molar-refractivity contribution < 1.29 is 23.8 Å². The number of carbonyl (C=O) groups excluding carboxylic acids is 2. The standard InChI is InChI=1S/C29H35ClN2O5/c1-18(31)27(32-20(3)37-19(2)24-10-7-8-12-26(24)30)28(33)21-13-15-23(16-14-21)36-17-22-9-5-6-11-25(22)29(34)35-4/h7-8,10,12-16,19,22,25,32H,3,5-6,9,11,17,31H2,1-2,4H3. The number of ether oxygens (including phenoxy) is 3. The van der Waals surface area contributed by atoms with Gasteiger partial charge in [0.15, 0.2) is 5.88 Å². The number of nitrogens with two attached hydrogens (primary N) is 1. The predicted molar refractivity (Wildman–Crippen MR) is 144 cm³/mol. The number of Topliss-reactive ketones (excluding diaryl/α,β-unsaturated/α-hetero) is 1. The molecule has 3 atom stereocenters. The van der Waals surface area contributed by atoms with Gasteiger partial charge in [0.2, 0.25) is 5.78 Å². The molecule has 1 aliphatic carbocycles. The van der Waals surface area contributed by atoms with Gasteiger partial charge >= 0.3 is 5.97 Å². The van der Waals surface area contributed by atoms with Gasteiger partial charge in [-0.2, -0.15) is 0 Å². The molecular weight excluding hydrogens is 492 g/mol. The number of hydrogen-bond donors (Lipinski definition) is 2. The molecule has 0 saturated heterocycles. The van der Waals surface area contributed by atoms with E-state index in [0.29, 0.717) is 28.6 Å². The van der Waals surface area contributed by atoms with Crippen LogP contribution in [0.1, 0.15) is 61.6 Å². The van der Waals surface area contributed by atoms with Gasteiger partial charge in [-0.3, -0.25) is 9.59 Å². The number of benzene rings is 2. The van der Waals surface area contributed by atoms with Crippen LogP contribution in [-0.2, 0) is 14.3 Å². The molecule has 8 heteroatoms. The summed E-state index contributed by atoms with van der Waals surface area (Å²) in [5, 5.41) is 3.49. The molecule has 0 aliphatic heterocycles. The second-order valence-corrected chi connectivity index (χ2v) is 9.63. The molecule has 0 radical (unpaired) electrons. The summed E-state index contributed by atoms with van der Waals surface area (Å²) in [6.45, 7) is 7.77. The third-order valence-corrected chi connectivity index (χ3v) is 6.89. The average molecular weight is 527 g/mol. The second kappa shape index (κ2) is 13.2. The summed E-state index contributed by atoms with van der Waals surface area (Å²) in [4.78, 5) is 25.3. The van der Waals surface area contributed by atoms with Crippen molar-refractivity contribution in [3.8, 4) is 5.75 Å². The maximum absolute atomic E-state index is 13.2. The van der Waals surface area contributed by atoms with Crippen molar-refractivity contribution in [2.45, 2.75) is 45.6 Å². The predicted octanol–water partition coefficient (Wildman–Crippen LogP) is 5.91. The zero-order valence-electron chi connectivity index (χ0n) is 21.6. The van der Waals surface area contributed by atoms with Crippen LogP contribution in [0.15, 0.2) is 72.4 Å². The van der Waals surface area contributed by atoms with Crippen LogP contribution in [0.2, 0.25) is 5.02 Å². The molecule has 7 nitrogen and oxygen atoms in total. The molecule has 1 saturated carbocycles. The number of halogens is 1. The maximum atomic E-state index is 13.2. The zero-order chi connectivity index (χ0) is 26.9. The Hall–Kier alpha value is -3.45. The number of ketones is 1. The number of methoxy groups -OCH3 is 1. The highest BCUT2D eigenvalue weighted by Crippen LogP contribution is 2.32. The molecule has 0 bridgehead atoms. The van der Waals surface area contributed by atoms with Gasteiger partial charge in [-0.05, 0) is 63.6 Å². The Morgan fingerprint density at radius 3 is 2.46 bits per heavy atom. The molecule has 37 heavy (non-hydrogen) atoms. The van der Waals surface area contributed by atoms with E-state index < -0.39 is 0 Å². The maximum Gasteiger partial charge on any atom is 0.309 e. The lowest BCUT2D eigenvalue weighted by Crippen LogP contribution is -2.32. The Morgan fingerprint density at radius 1 is 1.14 bits per heavy atom. The fraction of sp³-hybridized carbons (Fsp3) is 0.379. The van der Waals surface area contributed by atoms with E-state index in [0.717, 1.165) is 31.2 Å². The van der Waals surface area contributed by atoms with Crippen LogP contribution < -0.4 is 15.8 Å². The number of hydrogen-bond acceptors (Lipinski definition) is 7. The summed E-state index contributed by atoms with van der Waals surface area (Å²) in [7, 11) is 1.42. The topological polar surface area (TPSA) is 99.9 Å². The summed E-state index contributed by atoms with van der Waals surface area (Å²) in [5.41, 5.74) is 7.71. The van der Waals surface area contributed by atoms with Crippen LogP contribution in [-0.4, -0.2) is 25.5 Å². The van der Waals surface area contributed by atoms with Gasteiger partial charge in [0, 0.05) is 27.8 Å². The van der Waals surface area contributed by atoms with E-state index in [2.05, 4.69) is 11.9 Å². The summed E-state index contributed by atoms with van der Waals surface area (Å²) >= 11 is 6.25. The van der Waals surface area contributed by atoms with Crippen molar-refractivity contribution in [2.75, 3.05) is 13.7 Å². The van der Waals surface area contributed by atoms with E-state index in [9.17, 15) is 9.59 Å². The number of nitrogens with one attached hydrogen (secondary N) is 1. The Bertz CT molecular complexity index is 1140.